The van der Waals surface area contributed by atoms with Crippen LogP contribution in [0.25, 0.3) is 10.2 Å². The van der Waals surface area contributed by atoms with Crippen LogP contribution in [0.1, 0.15) is 25.6 Å². The molecule has 0 unspecified atom stereocenters. The standard InChI is InChI=1S/C12H15IN2O5S2/c1-12(2,3)20-11(16)15-8-5-7(6-19-22(4,17)18)21-9(8)10(13)14-15/h5H,6H2,1-4H3. The van der Waals surface area contributed by atoms with Gasteiger partial charge in [-0.3, -0.25) is 4.18 Å². The van der Waals surface area contributed by atoms with Crippen LogP contribution in [0, 0.1) is 3.70 Å². The molecule has 0 fully saturated rings. The van der Waals surface area contributed by atoms with Crippen molar-refractivity contribution < 1.29 is 22.1 Å². The highest BCUT2D eigenvalue weighted by Crippen LogP contribution is 2.30. The van der Waals surface area contributed by atoms with E-state index in [1.165, 1.54) is 16.0 Å². The first-order valence-corrected chi connectivity index (χ1v) is 9.92. The predicted molar refractivity (Wildman–Crippen MR) is 91.6 cm³/mol. The van der Waals surface area contributed by atoms with Gasteiger partial charge in [0.05, 0.1) is 16.5 Å². The zero-order valence-electron chi connectivity index (χ0n) is 12.4. The van der Waals surface area contributed by atoms with Crippen LogP contribution in [-0.2, 0) is 25.6 Å². The van der Waals surface area contributed by atoms with Gasteiger partial charge in [0, 0.05) is 4.88 Å². The van der Waals surface area contributed by atoms with Gasteiger partial charge in [-0.15, -0.1) is 11.3 Å². The van der Waals surface area contributed by atoms with Gasteiger partial charge >= 0.3 is 6.09 Å². The average Bonchev–Trinajstić information content (AvgIpc) is 2.84. The third-order valence-electron chi connectivity index (χ3n) is 2.35. The van der Waals surface area contributed by atoms with Gasteiger partial charge in [0.25, 0.3) is 10.1 Å². The van der Waals surface area contributed by atoms with Crippen LogP contribution < -0.4 is 0 Å². The minimum absolute atomic E-state index is 0.0669. The Hall–Kier alpha value is -0.720. The Morgan fingerprint density at radius 3 is 2.64 bits per heavy atom. The molecule has 0 aromatic carbocycles. The van der Waals surface area contributed by atoms with Crippen molar-refractivity contribution in [3.05, 3.63) is 14.6 Å². The number of thiophene rings is 1. The van der Waals surface area contributed by atoms with Crippen molar-refractivity contribution in [3.8, 4) is 0 Å². The normalized spacial score (nSPS) is 12.8. The molecule has 0 amide bonds. The summed E-state index contributed by atoms with van der Waals surface area (Å²) in [6.07, 6.45) is 0.417. The van der Waals surface area contributed by atoms with E-state index in [0.717, 1.165) is 11.0 Å². The number of carbonyl (C=O) groups excluding carboxylic acids is 1. The third kappa shape index (κ3) is 4.40. The lowest BCUT2D eigenvalue weighted by Gasteiger charge is -2.18. The van der Waals surface area contributed by atoms with Crippen LogP contribution in [0.3, 0.4) is 0 Å². The first-order valence-electron chi connectivity index (χ1n) is 6.21. The highest BCUT2D eigenvalue weighted by Gasteiger charge is 2.23. The van der Waals surface area contributed by atoms with Crippen molar-refractivity contribution in [1.82, 2.24) is 9.78 Å². The monoisotopic (exact) mass is 458 g/mol. The van der Waals surface area contributed by atoms with Crippen LogP contribution in [0.4, 0.5) is 4.79 Å². The Morgan fingerprint density at radius 1 is 1.45 bits per heavy atom. The number of hydrogen-bond donors (Lipinski definition) is 0. The summed E-state index contributed by atoms with van der Waals surface area (Å²) in [5, 5.41) is 4.16. The lowest BCUT2D eigenvalue weighted by atomic mass is 10.2. The molecule has 122 valence electrons. The summed E-state index contributed by atoms with van der Waals surface area (Å²) in [5.74, 6) is 0. The Bertz CT molecular complexity index is 817. The van der Waals surface area contributed by atoms with Crippen molar-refractivity contribution in [2.75, 3.05) is 6.26 Å². The molecule has 0 saturated carbocycles. The second-order valence-electron chi connectivity index (χ2n) is 5.58. The van der Waals surface area contributed by atoms with Crippen LogP contribution in [0.15, 0.2) is 6.07 Å². The fraction of sp³-hybridized carbons (Fsp3) is 0.500. The molecular weight excluding hydrogens is 443 g/mol. The van der Waals surface area contributed by atoms with Crippen molar-refractivity contribution >= 4 is 60.4 Å². The van der Waals surface area contributed by atoms with E-state index in [1.54, 1.807) is 26.8 Å². The summed E-state index contributed by atoms with van der Waals surface area (Å²) in [6.45, 7) is 5.25. The molecule has 2 aromatic heterocycles. The zero-order chi connectivity index (χ0) is 16.7. The largest absolute Gasteiger partial charge is 0.442 e. The van der Waals surface area contributed by atoms with Crippen molar-refractivity contribution in [2.45, 2.75) is 33.0 Å². The van der Waals surface area contributed by atoms with E-state index in [1.807, 2.05) is 22.6 Å². The van der Waals surface area contributed by atoms with Crippen molar-refractivity contribution in [3.63, 3.8) is 0 Å². The van der Waals surface area contributed by atoms with E-state index < -0.39 is 21.8 Å². The highest BCUT2D eigenvalue weighted by atomic mass is 127. The van der Waals surface area contributed by atoms with Crippen LogP contribution >= 0.6 is 33.9 Å². The molecule has 0 bridgehead atoms. The molecule has 0 saturated heterocycles. The number of hydrogen-bond acceptors (Lipinski definition) is 7. The second kappa shape index (κ2) is 6.06. The Kier molecular flexibility index (Phi) is 4.85. The fourth-order valence-electron chi connectivity index (χ4n) is 1.60. The van der Waals surface area contributed by atoms with Crippen LogP contribution in [0.5, 0.6) is 0 Å². The maximum absolute atomic E-state index is 12.2. The smallest absolute Gasteiger partial charge is 0.435 e. The van der Waals surface area contributed by atoms with E-state index in [0.29, 0.717) is 14.1 Å². The average molecular weight is 458 g/mol. The number of nitrogens with zero attached hydrogens (tertiary/aromatic N) is 2. The fourth-order valence-corrected chi connectivity index (χ4v) is 3.77. The summed E-state index contributed by atoms with van der Waals surface area (Å²) in [4.78, 5) is 12.9. The molecule has 0 atom stereocenters. The lowest BCUT2D eigenvalue weighted by molar-refractivity contribution is 0.0522. The summed E-state index contributed by atoms with van der Waals surface area (Å²) in [7, 11) is -3.51. The quantitative estimate of drug-likeness (QED) is 0.519. The van der Waals surface area contributed by atoms with Gasteiger partial charge in [-0.25, -0.2) is 4.79 Å². The molecule has 2 rings (SSSR count). The van der Waals surface area contributed by atoms with Gasteiger partial charge in [0.2, 0.25) is 0 Å². The first-order chi connectivity index (χ1) is 9.96. The van der Waals surface area contributed by atoms with Gasteiger partial charge < -0.3 is 4.74 Å². The molecule has 7 nitrogen and oxygen atoms in total. The molecule has 0 aliphatic rings. The molecule has 0 radical (unpaired) electrons. The van der Waals surface area contributed by atoms with E-state index in [-0.39, 0.29) is 6.61 Å². The van der Waals surface area contributed by atoms with Crippen LogP contribution in [0.2, 0.25) is 0 Å². The van der Waals surface area contributed by atoms with Crippen LogP contribution in [-0.4, -0.2) is 36.1 Å². The maximum atomic E-state index is 12.2. The molecule has 10 heteroatoms. The van der Waals surface area contributed by atoms with Gasteiger partial charge in [-0.1, -0.05) is 0 Å². The summed E-state index contributed by atoms with van der Waals surface area (Å²) >= 11 is 3.35. The van der Waals surface area contributed by atoms with E-state index >= 15 is 0 Å². The number of aromatic nitrogens is 2. The van der Waals surface area contributed by atoms with Gasteiger partial charge in [0.15, 0.2) is 0 Å². The van der Waals surface area contributed by atoms with Gasteiger partial charge in [-0.05, 0) is 49.4 Å². The molecule has 2 heterocycles. The van der Waals surface area contributed by atoms with Crippen molar-refractivity contribution in [2.24, 2.45) is 0 Å². The van der Waals surface area contributed by atoms with E-state index in [4.69, 9.17) is 8.92 Å². The summed E-state index contributed by atoms with van der Waals surface area (Å²) in [6, 6.07) is 1.68. The molecule has 22 heavy (non-hydrogen) atoms. The van der Waals surface area contributed by atoms with E-state index in [9.17, 15) is 13.2 Å². The SMILES string of the molecule is CC(C)(C)OC(=O)n1nc(I)c2sc(COS(C)(=O)=O)cc21. The van der Waals surface area contributed by atoms with Gasteiger partial charge in [-0.2, -0.15) is 18.2 Å². The topological polar surface area (TPSA) is 87.5 Å². The number of rotatable bonds is 3. The Balaban J connectivity index is 2.33. The van der Waals surface area contributed by atoms with Gasteiger partial charge in [0.1, 0.15) is 15.9 Å². The number of ether oxygens (including phenoxy) is 1. The molecular formula is C12H15IN2O5S2. The summed E-state index contributed by atoms with van der Waals surface area (Å²) in [5.41, 5.74) is -0.0465. The number of carbonyl (C=O) groups is 1. The number of fused-ring (bicyclic) bond motifs is 1. The molecule has 0 aliphatic carbocycles. The van der Waals surface area contributed by atoms with Crippen molar-refractivity contribution in [1.29, 1.82) is 0 Å². The molecule has 0 spiro atoms. The third-order valence-corrected chi connectivity index (χ3v) is 5.12. The molecule has 2 aromatic rings. The Labute approximate surface area is 145 Å². The zero-order valence-corrected chi connectivity index (χ0v) is 16.2. The predicted octanol–water partition coefficient (Wildman–Crippen LogP) is 2.96. The first kappa shape index (κ1) is 17.6. The lowest BCUT2D eigenvalue weighted by Crippen LogP contribution is -2.27. The van der Waals surface area contributed by atoms with E-state index in [2.05, 4.69) is 5.10 Å². The number of halogens is 1. The molecule has 0 N–H and O–H groups in total. The highest BCUT2D eigenvalue weighted by molar-refractivity contribution is 14.1. The second-order valence-corrected chi connectivity index (χ2v) is 9.38. The molecule has 0 aliphatic heterocycles. The summed E-state index contributed by atoms with van der Waals surface area (Å²) < 4.78 is 34.8. The minimum atomic E-state index is -3.51. The minimum Gasteiger partial charge on any atom is -0.442 e. The maximum Gasteiger partial charge on any atom is 0.435 e. The Morgan fingerprint density at radius 2 is 2.09 bits per heavy atom.